The number of thioether (sulfide) groups is 1. The first-order valence-corrected chi connectivity index (χ1v) is 12.5. The number of aliphatic carboxylic acids is 1. The Morgan fingerprint density at radius 1 is 1.26 bits per heavy atom. The van der Waals surface area contributed by atoms with Gasteiger partial charge < -0.3 is 31.3 Å². The second-order valence-electron chi connectivity index (χ2n) is 9.50. The second-order valence-corrected chi connectivity index (χ2v) is 10.8. The fourth-order valence-electron chi connectivity index (χ4n) is 5.57. The zero-order valence-electron chi connectivity index (χ0n) is 19.3. The molecule has 0 spiro atoms. The maximum atomic E-state index is 12.9. The van der Waals surface area contributed by atoms with Gasteiger partial charge >= 0.3 is 5.97 Å². The Kier molecular flexibility index (Phi) is 6.90. The van der Waals surface area contributed by atoms with Crippen LogP contribution in [0.25, 0.3) is 0 Å². The van der Waals surface area contributed by atoms with E-state index in [1.165, 1.54) is 16.7 Å². The van der Waals surface area contributed by atoms with Gasteiger partial charge in [0.15, 0.2) is 0 Å². The summed E-state index contributed by atoms with van der Waals surface area (Å²) >= 11 is 1.43. The lowest BCUT2D eigenvalue weighted by Crippen LogP contribution is -2.66. The number of fused-ring (bicyclic) bond motifs is 1. The Balaban J connectivity index is 1.44. The monoisotopic (exact) mass is 493 g/mol. The van der Waals surface area contributed by atoms with Gasteiger partial charge in [0.1, 0.15) is 12.1 Å². The zero-order chi connectivity index (χ0) is 24.7. The number of likely N-dealkylation sites (tertiary alicyclic amines) is 1. The summed E-state index contributed by atoms with van der Waals surface area (Å²) < 4.78 is 0. The van der Waals surface area contributed by atoms with Crippen LogP contribution in [0, 0.1) is 11.8 Å². The van der Waals surface area contributed by atoms with E-state index in [0.29, 0.717) is 17.9 Å². The molecule has 5 N–H and O–H groups in total. The van der Waals surface area contributed by atoms with Crippen LogP contribution in [0.5, 0.6) is 0 Å². The van der Waals surface area contributed by atoms with E-state index in [1.54, 1.807) is 6.92 Å². The number of carboxylic acids is 1. The Hall–Kier alpha value is -2.60. The van der Waals surface area contributed by atoms with E-state index in [9.17, 15) is 29.1 Å². The summed E-state index contributed by atoms with van der Waals surface area (Å²) in [5, 5.41) is 15.8. The van der Waals surface area contributed by atoms with Crippen molar-refractivity contribution in [3.8, 4) is 0 Å². The summed E-state index contributed by atoms with van der Waals surface area (Å²) in [6.45, 7) is 5.72. The van der Waals surface area contributed by atoms with Crippen molar-refractivity contribution in [2.75, 3.05) is 19.6 Å². The van der Waals surface area contributed by atoms with E-state index in [4.69, 9.17) is 5.73 Å². The molecule has 186 valence electrons. The molecule has 0 bridgehead atoms. The summed E-state index contributed by atoms with van der Waals surface area (Å²) in [5.41, 5.74) is 5.05. The van der Waals surface area contributed by atoms with Crippen molar-refractivity contribution < 1.29 is 29.1 Å². The number of carbonyl (C=O) groups excluding carboxylic acids is 4. The number of hydrogen-bond donors (Lipinski definition) is 4. The molecule has 12 heteroatoms. The number of amides is 4. The fourth-order valence-corrected chi connectivity index (χ4v) is 7.05. The molecule has 0 saturated carbocycles. The normalized spacial score (nSPS) is 31.4. The molecular formula is C22H31N5O6S. The van der Waals surface area contributed by atoms with Crippen molar-refractivity contribution in [1.82, 2.24) is 20.4 Å². The molecule has 1 unspecified atom stereocenters. The van der Waals surface area contributed by atoms with Gasteiger partial charge in [-0.2, -0.15) is 0 Å². The number of β-lactam (4-membered cyclic amide) rings is 1. The van der Waals surface area contributed by atoms with Crippen LogP contribution in [0.1, 0.15) is 39.5 Å². The first-order valence-electron chi connectivity index (χ1n) is 11.7. The van der Waals surface area contributed by atoms with Gasteiger partial charge in [0.25, 0.3) is 0 Å². The number of nitrogens with two attached hydrogens (primary N) is 1. The Bertz CT molecular complexity index is 948. The first-order chi connectivity index (χ1) is 16.1. The molecule has 3 fully saturated rings. The van der Waals surface area contributed by atoms with Crippen LogP contribution in [-0.2, 0) is 24.0 Å². The highest BCUT2D eigenvalue weighted by atomic mass is 32.2. The standard InChI is InChI=1S/C22H31N5O6S/c1-10-17-16(11(2)25-15(29)8-14(23)28)21(31)27(17)18(22(32)33)19(10)34-12-7-13(24-9-12)20(30)26-5-3-4-6-26/h10-13,16-17,24H,3-9H2,1-2H3,(H2,23,28)(H,25,29)(H,32,33)/t10-,11-,12+,13+,16-,17?/m1/s1. The van der Waals surface area contributed by atoms with E-state index in [1.807, 2.05) is 11.8 Å². The predicted molar refractivity (Wildman–Crippen MR) is 123 cm³/mol. The SMILES string of the molecule is C[C@H]1C(S[C@@H]2CN[C@H](C(=O)N3CCCC3)C2)=C(C(=O)O)N2C(=O)[C@H]([C@@H](C)NC(=O)CC(N)=O)C12. The van der Waals surface area contributed by atoms with Crippen LogP contribution < -0.4 is 16.4 Å². The molecule has 3 saturated heterocycles. The molecule has 4 aliphatic heterocycles. The maximum Gasteiger partial charge on any atom is 0.353 e. The number of nitrogens with zero attached hydrogens (tertiary/aromatic N) is 2. The number of primary amides is 1. The van der Waals surface area contributed by atoms with Crippen LogP contribution in [0.3, 0.4) is 0 Å². The quantitative estimate of drug-likeness (QED) is 0.253. The highest BCUT2D eigenvalue weighted by molar-refractivity contribution is 8.03. The van der Waals surface area contributed by atoms with Crippen molar-refractivity contribution in [2.24, 2.45) is 17.6 Å². The van der Waals surface area contributed by atoms with Crippen molar-refractivity contribution >= 4 is 41.4 Å². The molecule has 0 aromatic rings. The minimum Gasteiger partial charge on any atom is -0.477 e. The van der Waals surface area contributed by atoms with Gasteiger partial charge in [0.05, 0.1) is 18.0 Å². The summed E-state index contributed by atoms with van der Waals surface area (Å²) in [6.07, 6.45) is 2.18. The summed E-state index contributed by atoms with van der Waals surface area (Å²) in [4.78, 5) is 64.6. The molecular weight excluding hydrogens is 462 g/mol. The number of rotatable bonds is 8. The third kappa shape index (κ3) is 4.40. The number of carbonyl (C=O) groups is 5. The summed E-state index contributed by atoms with van der Waals surface area (Å²) in [6, 6.07) is -1.23. The van der Waals surface area contributed by atoms with Gasteiger partial charge in [-0.1, -0.05) is 6.92 Å². The van der Waals surface area contributed by atoms with E-state index < -0.39 is 36.2 Å². The third-order valence-corrected chi connectivity index (χ3v) is 8.67. The van der Waals surface area contributed by atoms with Gasteiger partial charge in [0, 0.05) is 41.7 Å². The number of hydrogen-bond acceptors (Lipinski definition) is 7. The summed E-state index contributed by atoms with van der Waals surface area (Å²) in [5.74, 6) is -3.57. The minimum absolute atomic E-state index is 0.00580. The predicted octanol–water partition coefficient (Wildman–Crippen LogP) is -0.774. The molecule has 4 aliphatic rings. The smallest absolute Gasteiger partial charge is 0.353 e. The van der Waals surface area contributed by atoms with Gasteiger partial charge in [-0.25, -0.2) is 4.79 Å². The highest BCUT2D eigenvalue weighted by Gasteiger charge is 2.60. The fraction of sp³-hybridized carbons (Fsp3) is 0.682. The van der Waals surface area contributed by atoms with E-state index >= 15 is 0 Å². The molecule has 34 heavy (non-hydrogen) atoms. The molecule has 4 rings (SSSR count). The lowest BCUT2D eigenvalue weighted by Gasteiger charge is -2.47. The van der Waals surface area contributed by atoms with Gasteiger partial charge in [-0.15, -0.1) is 11.8 Å². The molecule has 6 atom stereocenters. The molecule has 11 nitrogen and oxygen atoms in total. The molecule has 0 aromatic heterocycles. The zero-order valence-corrected chi connectivity index (χ0v) is 20.1. The maximum absolute atomic E-state index is 12.9. The average molecular weight is 494 g/mol. The molecule has 4 amide bonds. The average Bonchev–Trinajstić information content (AvgIpc) is 3.48. The van der Waals surface area contributed by atoms with Crippen molar-refractivity contribution in [1.29, 1.82) is 0 Å². The molecule has 0 radical (unpaired) electrons. The topological polar surface area (TPSA) is 162 Å². The Labute approximate surface area is 201 Å². The highest BCUT2D eigenvalue weighted by Crippen LogP contribution is 2.51. The first kappa shape index (κ1) is 24.5. The van der Waals surface area contributed by atoms with E-state index in [2.05, 4.69) is 10.6 Å². The van der Waals surface area contributed by atoms with Gasteiger partial charge in [-0.05, 0) is 26.2 Å². The Morgan fingerprint density at radius 2 is 1.94 bits per heavy atom. The third-order valence-electron chi connectivity index (χ3n) is 7.15. The second kappa shape index (κ2) is 9.57. The van der Waals surface area contributed by atoms with Crippen molar-refractivity contribution in [2.45, 2.75) is 62.9 Å². The lowest BCUT2D eigenvalue weighted by molar-refractivity contribution is -0.158. The van der Waals surface area contributed by atoms with Crippen LogP contribution in [0.15, 0.2) is 10.6 Å². The van der Waals surface area contributed by atoms with Crippen molar-refractivity contribution in [3.63, 3.8) is 0 Å². The minimum atomic E-state index is -1.16. The largest absolute Gasteiger partial charge is 0.477 e. The van der Waals surface area contributed by atoms with Crippen molar-refractivity contribution in [3.05, 3.63) is 10.6 Å². The van der Waals surface area contributed by atoms with Gasteiger partial charge in [0.2, 0.25) is 23.6 Å². The van der Waals surface area contributed by atoms with Crippen LogP contribution >= 0.6 is 11.8 Å². The van der Waals surface area contributed by atoms with Gasteiger partial charge in [-0.3, -0.25) is 19.2 Å². The number of carboxylic acid groups (broad SMARTS) is 1. The summed E-state index contributed by atoms with van der Waals surface area (Å²) in [7, 11) is 0. The van der Waals surface area contributed by atoms with E-state index in [0.717, 1.165) is 25.9 Å². The Morgan fingerprint density at radius 3 is 2.56 bits per heavy atom. The van der Waals surface area contributed by atoms with Crippen LogP contribution in [-0.4, -0.2) is 87.5 Å². The molecule has 0 aliphatic carbocycles. The van der Waals surface area contributed by atoms with E-state index in [-0.39, 0.29) is 40.8 Å². The van der Waals surface area contributed by atoms with Crippen LogP contribution in [0.4, 0.5) is 0 Å². The molecule has 0 aromatic carbocycles. The lowest BCUT2D eigenvalue weighted by atomic mass is 9.78. The van der Waals surface area contributed by atoms with Crippen LogP contribution in [0.2, 0.25) is 0 Å². The number of nitrogens with one attached hydrogen (secondary N) is 2. The molecule has 4 heterocycles.